The maximum absolute atomic E-state index is 12.0. The average Bonchev–Trinajstić information content (AvgIpc) is 2.37. The fourth-order valence-corrected chi connectivity index (χ4v) is 2.29. The van der Waals surface area contributed by atoms with Gasteiger partial charge in [0.25, 0.3) is 0 Å². The van der Waals surface area contributed by atoms with Crippen LogP contribution in [0.5, 0.6) is 0 Å². The van der Waals surface area contributed by atoms with Crippen LogP contribution in [-0.2, 0) is 10.0 Å². The quantitative estimate of drug-likeness (QED) is 0.879. The molecule has 1 heterocycles. The van der Waals surface area contributed by atoms with Gasteiger partial charge in [0.2, 0.25) is 10.0 Å². The van der Waals surface area contributed by atoms with Gasteiger partial charge in [0.05, 0.1) is 0 Å². The molecule has 0 saturated carbocycles. The molecule has 1 N–H and O–H groups in total. The van der Waals surface area contributed by atoms with Gasteiger partial charge in [-0.1, -0.05) is 20.8 Å². The summed E-state index contributed by atoms with van der Waals surface area (Å²) in [5, 5.41) is 8.60. The van der Waals surface area contributed by atoms with Crippen molar-refractivity contribution >= 4 is 10.0 Å². The minimum Gasteiger partial charge on any atom is -0.244 e. The summed E-state index contributed by atoms with van der Waals surface area (Å²) in [5.74, 6) is 0. The molecule has 0 aliphatic carbocycles. The molecule has 98 valence electrons. The normalized spacial score (nSPS) is 12.1. The summed E-state index contributed by atoms with van der Waals surface area (Å²) in [7, 11) is -3.55. The van der Waals surface area contributed by atoms with Gasteiger partial charge in [-0.05, 0) is 24.0 Å². The van der Waals surface area contributed by atoms with Crippen molar-refractivity contribution in [2.24, 2.45) is 5.41 Å². The first-order valence-electron chi connectivity index (χ1n) is 5.66. The molecule has 6 heteroatoms. The van der Waals surface area contributed by atoms with Crippen LogP contribution >= 0.6 is 0 Å². The number of aromatic nitrogens is 1. The number of hydrogen-bond acceptors (Lipinski definition) is 4. The van der Waals surface area contributed by atoms with E-state index in [1.165, 1.54) is 18.3 Å². The average molecular weight is 267 g/mol. The Kier molecular flexibility index (Phi) is 4.43. The molecule has 5 nitrogen and oxygen atoms in total. The summed E-state index contributed by atoms with van der Waals surface area (Å²) in [4.78, 5) is 3.82. The Hall–Kier alpha value is -1.45. The third-order valence-electron chi connectivity index (χ3n) is 2.86. The molecule has 1 aromatic rings. The van der Waals surface area contributed by atoms with Gasteiger partial charge in [0.1, 0.15) is 16.7 Å². The Morgan fingerprint density at radius 3 is 2.56 bits per heavy atom. The molecule has 1 rings (SSSR count). The summed E-state index contributed by atoms with van der Waals surface area (Å²) in [6.07, 6.45) is 2.07. The van der Waals surface area contributed by atoms with E-state index in [0.717, 1.165) is 6.42 Å². The first-order valence-corrected chi connectivity index (χ1v) is 7.15. The lowest BCUT2D eigenvalue weighted by molar-refractivity contribution is 0.350. The second-order valence-corrected chi connectivity index (χ2v) is 6.60. The predicted molar refractivity (Wildman–Crippen MR) is 68.2 cm³/mol. The number of pyridine rings is 1. The van der Waals surface area contributed by atoms with Crippen LogP contribution in [0, 0.1) is 16.7 Å². The summed E-state index contributed by atoms with van der Waals surface area (Å²) in [6.45, 7) is 6.36. The van der Waals surface area contributed by atoms with Gasteiger partial charge in [-0.3, -0.25) is 0 Å². The highest BCUT2D eigenvalue weighted by Crippen LogP contribution is 2.19. The van der Waals surface area contributed by atoms with E-state index < -0.39 is 10.0 Å². The third kappa shape index (κ3) is 3.79. The highest BCUT2D eigenvalue weighted by Gasteiger charge is 2.20. The van der Waals surface area contributed by atoms with Crippen molar-refractivity contribution in [2.45, 2.75) is 32.1 Å². The Bertz CT molecular complexity index is 542. The van der Waals surface area contributed by atoms with E-state index in [4.69, 9.17) is 5.26 Å². The van der Waals surface area contributed by atoms with Crippen LogP contribution in [0.4, 0.5) is 0 Å². The van der Waals surface area contributed by atoms with E-state index >= 15 is 0 Å². The topological polar surface area (TPSA) is 82.9 Å². The smallest absolute Gasteiger partial charge is 0.242 e. The lowest BCUT2D eigenvalue weighted by atomic mass is 9.91. The van der Waals surface area contributed by atoms with Crippen molar-refractivity contribution in [3.63, 3.8) is 0 Å². The van der Waals surface area contributed by atoms with Crippen LogP contribution in [0.2, 0.25) is 0 Å². The zero-order valence-electron chi connectivity index (χ0n) is 10.8. The van der Waals surface area contributed by atoms with Crippen LogP contribution in [0.1, 0.15) is 32.9 Å². The molecule has 0 radical (unpaired) electrons. The molecule has 0 saturated heterocycles. The molecule has 0 atom stereocenters. The van der Waals surface area contributed by atoms with Gasteiger partial charge in [0, 0.05) is 12.7 Å². The molecule has 0 amide bonds. The lowest BCUT2D eigenvalue weighted by Crippen LogP contribution is -2.33. The number of hydrogen-bond donors (Lipinski definition) is 1. The number of nitriles is 1. The van der Waals surface area contributed by atoms with Gasteiger partial charge in [-0.15, -0.1) is 0 Å². The maximum atomic E-state index is 12.0. The highest BCUT2D eigenvalue weighted by atomic mass is 32.2. The molecular formula is C12H17N3O2S. The summed E-state index contributed by atoms with van der Waals surface area (Å²) in [5.41, 5.74) is 0.107. The van der Waals surface area contributed by atoms with Gasteiger partial charge >= 0.3 is 0 Å². The first kappa shape index (κ1) is 14.6. The fraction of sp³-hybridized carbons (Fsp3) is 0.500. The monoisotopic (exact) mass is 267 g/mol. The van der Waals surface area contributed by atoms with Crippen LogP contribution in [0.25, 0.3) is 0 Å². The van der Waals surface area contributed by atoms with Crippen molar-refractivity contribution in [1.29, 1.82) is 5.26 Å². The zero-order chi connectivity index (χ0) is 13.8. The van der Waals surface area contributed by atoms with Crippen molar-refractivity contribution in [3.8, 4) is 6.07 Å². The van der Waals surface area contributed by atoms with Crippen LogP contribution in [0.3, 0.4) is 0 Å². The standard InChI is InChI=1S/C12H17N3O2S/c1-4-12(2,3)9-15-18(16,17)11-6-5-10(7-13)14-8-11/h5-6,8,15H,4,9H2,1-3H3. The summed E-state index contributed by atoms with van der Waals surface area (Å²) < 4.78 is 26.5. The summed E-state index contributed by atoms with van der Waals surface area (Å²) in [6, 6.07) is 4.61. The van der Waals surface area contributed by atoms with Crippen molar-refractivity contribution < 1.29 is 8.42 Å². The largest absolute Gasteiger partial charge is 0.244 e. The van der Waals surface area contributed by atoms with Crippen molar-refractivity contribution in [1.82, 2.24) is 9.71 Å². The molecule has 0 aliphatic rings. The number of nitrogens with one attached hydrogen (secondary N) is 1. The van der Waals surface area contributed by atoms with Crippen LogP contribution in [-0.4, -0.2) is 19.9 Å². The number of sulfonamides is 1. The highest BCUT2D eigenvalue weighted by molar-refractivity contribution is 7.89. The van der Waals surface area contributed by atoms with Crippen molar-refractivity contribution in [3.05, 3.63) is 24.0 Å². The molecular weight excluding hydrogens is 250 g/mol. The number of rotatable bonds is 5. The molecule has 0 unspecified atom stereocenters. The fourth-order valence-electron chi connectivity index (χ4n) is 1.10. The van der Waals surface area contributed by atoms with E-state index in [1.807, 2.05) is 26.8 Å². The minimum atomic E-state index is -3.55. The molecule has 0 aliphatic heterocycles. The van der Waals surface area contributed by atoms with E-state index in [-0.39, 0.29) is 16.0 Å². The maximum Gasteiger partial charge on any atom is 0.242 e. The second kappa shape index (κ2) is 5.46. The van der Waals surface area contributed by atoms with Crippen molar-refractivity contribution in [2.75, 3.05) is 6.54 Å². The Labute approximate surface area is 108 Å². The molecule has 1 aromatic heterocycles. The Morgan fingerprint density at radius 1 is 1.44 bits per heavy atom. The number of nitrogens with zero attached hydrogens (tertiary/aromatic N) is 2. The van der Waals surface area contributed by atoms with Gasteiger partial charge in [-0.2, -0.15) is 5.26 Å². The van der Waals surface area contributed by atoms with E-state index in [9.17, 15) is 8.42 Å². The summed E-state index contributed by atoms with van der Waals surface area (Å²) >= 11 is 0. The minimum absolute atomic E-state index is 0.0772. The molecule has 18 heavy (non-hydrogen) atoms. The van der Waals surface area contributed by atoms with E-state index in [2.05, 4.69) is 9.71 Å². The first-order chi connectivity index (χ1) is 8.30. The molecule has 0 aromatic carbocycles. The van der Waals surface area contributed by atoms with Gasteiger partial charge in [0.15, 0.2) is 0 Å². The molecule has 0 fully saturated rings. The second-order valence-electron chi connectivity index (χ2n) is 4.83. The molecule has 0 spiro atoms. The van der Waals surface area contributed by atoms with Crippen LogP contribution in [0.15, 0.2) is 23.2 Å². The van der Waals surface area contributed by atoms with E-state index in [1.54, 1.807) is 0 Å². The van der Waals surface area contributed by atoms with Gasteiger partial charge in [-0.25, -0.2) is 18.1 Å². The van der Waals surface area contributed by atoms with E-state index in [0.29, 0.717) is 6.54 Å². The van der Waals surface area contributed by atoms with Gasteiger partial charge < -0.3 is 0 Å². The lowest BCUT2D eigenvalue weighted by Gasteiger charge is -2.22. The predicted octanol–water partition coefficient (Wildman–Crippen LogP) is 1.67. The SMILES string of the molecule is CCC(C)(C)CNS(=O)(=O)c1ccc(C#N)nc1. The Balaban J connectivity index is 2.84. The Morgan fingerprint density at radius 2 is 2.11 bits per heavy atom. The van der Waals surface area contributed by atoms with Crippen LogP contribution < -0.4 is 4.72 Å². The zero-order valence-corrected chi connectivity index (χ0v) is 11.6. The molecule has 0 bridgehead atoms. The third-order valence-corrected chi connectivity index (χ3v) is 4.25.